The molecule has 0 aliphatic heterocycles. The van der Waals surface area contributed by atoms with E-state index in [1.807, 2.05) is 0 Å². The molecule has 0 saturated heterocycles. The van der Waals surface area contributed by atoms with Gasteiger partial charge < -0.3 is 15.2 Å². The van der Waals surface area contributed by atoms with Crippen LogP contribution in [0.25, 0.3) is 0 Å². The van der Waals surface area contributed by atoms with E-state index >= 15 is 0 Å². The molecule has 0 radical (unpaired) electrons. The third-order valence-electron chi connectivity index (χ3n) is 1.41. The Kier molecular flexibility index (Phi) is 5.74. The van der Waals surface area contributed by atoms with Crippen LogP contribution in [0.15, 0.2) is 0 Å². The maximum Gasteiger partial charge on any atom is 0.322 e. The largest absolute Gasteiger partial charge is 0.466 e. The smallest absolute Gasteiger partial charge is 0.322 e. The van der Waals surface area contributed by atoms with Gasteiger partial charge in [0.1, 0.15) is 6.04 Å². The highest BCUT2D eigenvalue weighted by molar-refractivity contribution is 5.77. The summed E-state index contributed by atoms with van der Waals surface area (Å²) in [6, 6.07) is -0.947. The van der Waals surface area contributed by atoms with E-state index in [4.69, 9.17) is 7.10 Å². The van der Waals surface area contributed by atoms with E-state index in [9.17, 15) is 9.59 Å². The number of esters is 2. The summed E-state index contributed by atoms with van der Waals surface area (Å²) >= 11 is 0. The quantitative estimate of drug-likeness (QED) is 0.626. The molecular weight excluding hydrogens is 186 g/mol. The predicted molar refractivity (Wildman–Crippen MR) is 50.5 cm³/mol. The number of carbonyl (C=O) groups excluding carboxylic acids is 2. The minimum atomic E-state index is -1.13. The maximum absolute atomic E-state index is 11.1. The monoisotopic (exact) mass is 204 g/mol. The molecule has 0 saturated carbocycles. The third-order valence-corrected chi connectivity index (χ3v) is 1.41. The zero-order chi connectivity index (χ0) is 11.8. The Morgan fingerprint density at radius 1 is 1.36 bits per heavy atom. The van der Waals surface area contributed by atoms with Crippen molar-refractivity contribution in [3.05, 3.63) is 0 Å². The van der Waals surface area contributed by atoms with Crippen LogP contribution in [0.1, 0.15) is 28.0 Å². The molecule has 0 rings (SSSR count). The normalized spacial score (nSPS) is 15.2. The van der Waals surface area contributed by atoms with Gasteiger partial charge in [-0.25, -0.2) is 0 Å². The third kappa shape index (κ3) is 5.53. The van der Waals surface area contributed by atoms with Crippen molar-refractivity contribution < 1.29 is 20.4 Å². The fourth-order valence-corrected chi connectivity index (χ4v) is 0.770. The molecule has 0 aliphatic rings. The van der Waals surface area contributed by atoms with Crippen molar-refractivity contribution in [2.24, 2.45) is 5.73 Å². The Morgan fingerprint density at radius 2 is 1.93 bits per heavy atom. The fourth-order valence-electron chi connectivity index (χ4n) is 0.770. The molecular formula is C9H17NO4. The topological polar surface area (TPSA) is 78.6 Å². The van der Waals surface area contributed by atoms with Gasteiger partial charge >= 0.3 is 11.9 Å². The zero-order valence-electron chi connectivity index (χ0n) is 9.49. The van der Waals surface area contributed by atoms with Crippen LogP contribution in [0.2, 0.25) is 0 Å². The van der Waals surface area contributed by atoms with Gasteiger partial charge in [-0.15, -0.1) is 0 Å². The van der Waals surface area contributed by atoms with Crippen molar-refractivity contribution in [2.75, 3.05) is 13.2 Å². The summed E-state index contributed by atoms with van der Waals surface area (Å²) in [6.45, 7) is 3.75. The van der Waals surface area contributed by atoms with Crippen LogP contribution in [-0.4, -0.2) is 31.2 Å². The lowest BCUT2D eigenvalue weighted by atomic mass is 10.2. The molecule has 2 N–H and O–H groups in total. The SMILES string of the molecule is [2H]C(CC(N)C(=O)OCC)C(=O)OCC. The second kappa shape index (κ2) is 7.32. The molecule has 0 aromatic rings. The first kappa shape index (κ1) is 11.0. The number of hydrogen-bond donors (Lipinski definition) is 1. The first-order chi connectivity index (χ1) is 7.02. The highest BCUT2D eigenvalue weighted by Crippen LogP contribution is 1.99. The van der Waals surface area contributed by atoms with Crippen molar-refractivity contribution in [1.82, 2.24) is 0 Å². The van der Waals surface area contributed by atoms with Gasteiger partial charge in [-0.1, -0.05) is 0 Å². The van der Waals surface area contributed by atoms with Crippen LogP contribution >= 0.6 is 0 Å². The first-order valence-corrected chi connectivity index (χ1v) is 4.54. The molecule has 5 nitrogen and oxygen atoms in total. The van der Waals surface area contributed by atoms with Gasteiger partial charge in [0.25, 0.3) is 0 Å². The molecule has 5 heteroatoms. The molecule has 0 aromatic heterocycles. The zero-order valence-corrected chi connectivity index (χ0v) is 8.49. The van der Waals surface area contributed by atoms with E-state index in [2.05, 4.69) is 9.47 Å². The molecule has 0 spiro atoms. The van der Waals surface area contributed by atoms with Gasteiger partial charge in [-0.3, -0.25) is 9.59 Å². The van der Waals surface area contributed by atoms with Crippen molar-refractivity contribution in [3.8, 4) is 0 Å². The van der Waals surface area contributed by atoms with Crippen molar-refractivity contribution in [2.45, 2.75) is 32.7 Å². The maximum atomic E-state index is 11.1. The lowest BCUT2D eigenvalue weighted by Crippen LogP contribution is -2.32. The molecule has 0 fully saturated rings. The van der Waals surface area contributed by atoms with Gasteiger partial charge in [-0.05, 0) is 20.3 Å². The number of ether oxygens (including phenoxy) is 2. The standard InChI is InChI=1S/C9H17NO4/c1-3-13-8(11)6-5-7(10)9(12)14-4-2/h7H,3-6,10H2,1-2H3/i6D. The fraction of sp³-hybridized carbons (Fsp3) is 0.778. The van der Waals surface area contributed by atoms with E-state index in [0.29, 0.717) is 0 Å². The minimum Gasteiger partial charge on any atom is -0.466 e. The van der Waals surface area contributed by atoms with Crippen LogP contribution in [0.5, 0.6) is 0 Å². The molecule has 0 amide bonds. The van der Waals surface area contributed by atoms with Crippen LogP contribution in [0.3, 0.4) is 0 Å². The Hall–Kier alpha value is -1.10. The van der Waals surface area contributed by atoms with Crippen molar-refractivity contribution in [1.29, 1.82) is 0 Å². The first-order valence-electron chi connectivity index (χ1n) is 5.11. The molecule has 0 aromatic carbocycles. The molecule has 2 atom stereocenters. The van der Waals surface area contributed by atoms with Crippen LogP contribution in [-0.2, 0) is 19.1 Å². The Bertz CT molecular complexity index is 200. The minimum absolute atomic E-state index is 0.0856. The number of nitrogens with two attached hydrogens (primary N) is 1. The van der Waals surface area contributed by atoms with E-state index in [-0.39, 0.29) is 19.6 Å². The summed E-state index contributed by atoms with van der Waals surface area (Å²) in [7, 11) is 0. The number of hydrogen-bond acceptors (Lipinski definition) is 5. The average molecular weight is 204 g/mol. The van der Waals surface area contributed by atoms with E-state index in [1.165, 1.54) is 0 Å². The summed E-state index contributed by atoms with van der Waals surface area (Å²) in [4.78, 5) is 22.1. The van der Waals surface area contributed by atoms with Gasteiger partial charge in [0, 0.05) is 7.77 Å². The lowest BCUT2D eigenvalue weighted by molar-refractivity contribution is -0.146. The summed E-state index contributed by atoms with van der Waals surface area (Å²) in [6.07, 6.45) is -1.22. The molecule has 82 valence electrons. The molecule has 0 aliphatic carbocycles. The molecule has 0 heterocycles. The highest BCUT2D eigenvalue weighted by atomic mass is 16.5. The number of carbonyl (C=O) groups is 2. The lowest BCUT2D eigenvalue weighted by Gasteiger charge is -2.09. The summed E-state index contributed by atoms with van der Waals surface area (Å²) in [5.74, 6) is -1.27. The van der Waals surface area contributed by atoms with Gasteiger partial charge in [0.2, 0.25) is 0 Å². The molecule has 2 unspecified atom stereocenters. The summed E-state index contributed by atoms with van der Waals surface area (Å²) in [5, 5.41) is 0. The van der Waals surface area contributed by atoms with Crippen molar-refractivity contribution >= 4 is 11.9 Å². The Labute approximate surface area is 85.0 Å². The Morgan fingerprint density at radius 3 is 2.43 bits per heavy atom. The van der Waals surface area contributed by atoms with Gasteiger partial charge in [-0.2, -0.15) is 0 Å². The summed E-state index contributed by atoms with van der Waals surface area (Å²) < 4.78 is 16.6. The predicted octanol–water partition coefficient (Wildman–Crippen LogP) is 0.220. The van der Waals surface area contributed by atoms with E-state index < -0.39 is 24.4 Å². The molecule has 0 bridgehead atoms. The second-order valence-electron chi connectivity index (χ2n) is 2.55. The highest BCUT2D eigenvalue weighted by Gasteiger charge is 2.16. The second-order valence-corrected chi connectivity index (χ2v) is 2.55. The number of rotatable bonds is 6. The van der Waals surface area contributed by atoms with Crippen LogP contribution in [0, 0.1) is 0 Å². The van der Waals surface area contributed by atoms with E-state index in [1.54, 1.807) is 13.8 Å². The van der Waals surface area contributed by atoms with E-state index in [0.717, 1.165) is 0 Å². The summed E-state index contributed by atoms with van der Waals surface area (Å²) in [5.41, 5.74) is 5.44. The average Bonchev–Trinajstić information content (AvgIpc) is 2.18. The van der Waals surface area contributed by atoms with Crippen LogP contribution in [0.4, 0.5) is 0 Å². The molecule has 14 heavy (non-hydrogen) atoms. The van der Waals surface area contributed by atoms with Gasteiger partial charge in [0.05, 0.1) is 13.2 Å². The van der Waals surface area contributed by atoms with Crippen LogP contribution < -0.4 is 5.73 Å². The van der Waals surface area contributed by atoms with Gasteiger partial charge in [0.15, 0.2) is 0 Å². The van der Waals surface area contributed by atoms with Crippen molar-refractivity contribution in [3.63, 3.8) is 0 Å². The Balaban J connectivity index is 3.99.